The van der Waals surface area contributed by atoms with Gasteiger partial charge in [-0.3, -0.25) is 0 Å². The predicted octanol–water partition coefficient (Wildman–Crippen LogP) is 3.10. The van der Waals surface area contributed by atoms with Gasteiger partial charge >= 0.3 is 0 Å². The molecule has 0 amide bonds. The van der Waals surface area contributed by atoms with Gasteiger partial charge in [-0.15, -0.1) is 5.10 Å². The Hall–Kier alpha value is -1.00. The zero-order valence-corrected chi connectivity index (χ0v) is 9.49. The normalized spacial score (nSPS) is 18.2. The Morgan fingerprint density at radius 2 is 2.00 bits per heavy atom. The Balaban J connectivity index is 2.02. The van der Waals surface area contributed by atoms with E-state index < -0.39 is 6.43 Å². The Bertz CT molecular complexity index is 343. The van der Waals surface area contributed by atoms with Gasteiger partial charge in [-0.2, -0.15) is 0 Å². The summed E-state index contributed by atoms with van der Waals surface area (Å²) in [5, 5.41) is 3.86. The van der Waals surface area contributed by atoms with Crippen LogP contribution in [0, 0.1) is 12.8 Å². The molecule has 3 nitrogen and oxygen atoms in total. The molecule has 1 aliphatic rings. The van der Waals surface area contributed by atoms with Crippen LogP contribution in [0.4, 0.5) is 8.78 Å². The molecule has 1 aromatic heterocycles. The van der Waals surface area contributed by atoms with Crippen LogP contribution in [0.3, 0.4) is 0 Å². The van der Waals surface area contributed by atoms with Gasteiger partial charge in [0.2, 0.25) is 5.82 Å². The van der Waals surface area contributed by atoms with Crippen LogP contribution in [0.2, 0.25) is 0 Å². The average Bonchev–Trinajstić information content (AvgIpc) is 2.62. The van der Waals surface area contributed by atoms with E-state index in [1.54, 1.807) is 11.6 Å². The van der Waals surface area contributed by atoms with E-state index in [0.717, 1.165) is 6.54 Å². The first-order chi connectivity index (χ1) is 7.66. The van der Waals surface area contributed by atoms with E-state index in [1.807, 2.05) is 0 Å². The van der Waals surface area contributed by atoms with Crippen LogP contribution < -0.4 is 0 Å². The van der Waals surface area contributed by atoms with Crippen molar-refractivity contribution in [3.05, 3.63) is 11.6 Å². The van der Waals surface area contributed by atoms with Crippen molar-refractivity contribution in [2.75, 3.05) is 0 Å². The van der Waals surface area contributed by atoms with Crippen LogP contribution in [0.5, 0.6) is 0 Å². The van der Waals surface area contributed by atoms with Crippen molar-refractivity contribution in [2.24, 2.45) is 5.92 Å². The number of rotatable bonds is 3. The third-order valence-corrected chi connectivity index (χ3v) is 3.22. The van der Waals surface area contributed by atoms with Crippen molar-refractivity contribution in [3.8, 4) is 0 Å². The molecular weight excluding hydrogens is 212 g/mol. The van der Waals surface area contributed by atoms with Crippen LogP contribution in [0.1, 0.15) is 50.2 Å². The number of nitrogens with zero attached hydrogens (tertiary/aromatic N) is 3. The largest absolute Gasteiger partial charge is 0.299 e. The highest BCUT2D eigenvalue weighted by molar-refractivity contribution is 4.92. The quantitative estimate of drug-likeness (QED) is 0.797. The number of aryl methyl sites for hydroxylation is 1. The van der Waals surface area contributed by atoms with Crippen LogP contribution in [-0.2, 0) is 6.54 Å². The van der Waals surface area contributed by atoms with E-state index in [0.29, 0.717) is 11.7 Å². The molecule has 1 aromatic rings. The molecule has 0 N–H and O–H groups in total. The Morgan fingerprint density at radius 1 is 1.31 bits per heavy atom. The summed E-state index contributed by atoms with van der Waals surface area (Å²) < 4.78 is 26.4. The van der Waals surface area contributed by atoms with Gasteiger partial charge in [0.25, 0.3) is 6.43 Å². The first-order valence-electron chi connectivity index (χ1n) is 5.86. The highest BCUT2D eigenvalue weighted by atomic mass is 19.3. The molecule has 1 aliphatic carbocycles. The molecule has 16 heavy (non-hydrogen) atoms. The number of hydrogen-bond acceptors (Lipinski definition) is 2. The van der Waals surface area contributed by atoms with Crippen LogP contribution in [-0.4, -0.2) is 14.8 Å². The smallest absolute Gasteiger partial charge is 0.250 e. The highest BCUT2D eigenvalue weighted by Crippen LogP contribution is 2.25. The minimum atomic E-state index is -2.56. The van der Waals surface area contributed by atoms with Crippen molar-refractivity contribution in [1.29, 1.82) is 0 Å². The van der Waals surface area contributed by atoms with E-state index >= 15 is 0 Å². The summed E-state index contributed by atoms with van der Waals surface area (Å²) in [5.41, 5.74) is 0. The summed E-state index contributed by atoms with van der Waals surface area (Å²) in [6, 6.07) is 0. The molecule has 0 saturated heterocycles. The lowest BCUT2D eigenvalue weighted by Gasteiger charge is -2.21. The van der Waals surface area contributed by atoms with Crippen LogP contribution in [0.15, 0.2) is 0 Å². The lowest BCUT2D eigenvalue weighted by atomic mass is 9.89. The molecule has 5 heteroatoms. The maximum absolute atomic E-state index is 12.4. The molecule has 0 bridgehead atoms. The Morgan fingerprint density at radius 3 is 2.56 bits per heavy atom. The van der Waals surface area contributed by atoms with E-state index in [4.69, 9.17) is 0 Å². The summed E-state index contributed by atoms with van der Waals surface area (Å²) in [4.78, 5) is 3.78. The number of alkyl halides is 2. The van der Waals surface area contributed by atoms with Gasteiger partial charge in [-0.05, 0) is 25.7 Å². The fourth-order valence-electron chi connectivity index (χ4n) is 2.32. The fraction of sp³-hybridized carbons (Fsp3) is 0.818. The molecule has 0 atom stereocenters. The van der Waals surface area contributed by atoms with E-state index in [9.17, 15) is 8.78 Å². The molecule has 90 valence electrons. The highest BCUT2D eigenvalue weighted by Gasteiger charge is 2.19. The minimum Gasteiger partial charge on any atom is -0.250 e. The van der Waals surface area contributed by atoms with Gasteiger partial charge in [-0.25, -0.2) is 18.4 Å². The molecular formula is C11H17F2N3. The molecule has 0 radical (unpaired) electrons. The molecule has 1 fully saturated rings. The molecule has 0 aliphatic heterocycles. The summed E-state index contributed by atoms with van der Waals surface area (Å²) >= 11 is 0. The average molecular weight is 229 g/mol. The molecule has 0 aromatic carbocycles. The Labute approximate surface area is 93.9 Å². The van der Waals surface area contributed by atoms with Crippen molar-refractivity contribution < 1.29 is 8.78 Å². The maximum atomic E-state index is 12.4. The third kappa shape index (κ3) is 2.57. The SMILES string of the molecule is Cc1nc(C(F)F)nn1CC1CCCCC1. The second-order valence-electron chi connectivity index (χ2n) is 4.50. The first-order valence-corrected chi connectivity index (χ1v) is 5.86. The maximum Gasteiger partial charge on any atom is 0.299 e. The summed E-state index contributed by atoms with van der Waals surface area (Å²) in [6.45, 7) is 2.48. The van der Waals surface area contributed by atoms with Gasteiger partial charge in [0, 0.05) is 6.54 Å². The van der Waals surface area contributed by atoms with Gasteiger partial charge in [0.1, 0.15) is 5.82 Å². The lowest BCUT2D eigenvalue weighted by Crippen LogP contribution is -2.16. The van der Waals surface area contributed by atoms with E-state index in [1.165, 1.54) is 32.1 Å². The standard InChI is InChI=1S/C11H17F2N3/c1-8-14-11(10(12)13)15-16(8)7-9-5-3-2-4-6-9/h9-10H,2-7H2,1H3. The number of hydrogen-bond donors (Lipinski definition) is 0. The summed E-state index contributed by atoms with van der Waals surface area (Å²) in [5.74, 6) is 0.842. The second kappa shape index (κ2) is 4.89. The van der Waals surface area contributed by atoms with Gasteiger partial charge < -0.3 is 0 Å². The molecule has 2 rings (SSSR count). The molecule has 0 spiro atoms. The molecule has 0 unspecified atom stereocenters. The fourth-order valence-corrected chi connectivity index (χ4v) is 2.32. The molecule has 1 heterocycles. The third-order valence-electron chi connectivity index (χ3n) is 3.22. The van der Waals surface area contributed by atoms with Crippen LogP contribution >= 0.6 is 0 Å². The van der Waals surface area contributed by atoms with Crippen molar-refractivity contribution in [2.45, 2.75) is 52.0 Å². The van der Waals surface area contributed by atoms with Crippen molar-refractivity contribution in [1.82, 2.24) is 14.8 Å². The van der Waals surface area contributed by atoms with Crippen LogP contribution in [0.25, 0.3) is 0 Å². The van der Waals surface area contributed by atoms with Gasteiger partial charge in [0.05, 0.1) is 0 Å². The zero-order chi connectivity index (χ0) is 11.5. The van der Waals surface area contributed by atoms with E-state index in [-0.39, 0.29) is 5.82 Å². The predicted molar refractivity (Wildman–Crippen MR) is 56.3 cm³/mol. The summed E-state index contributed by atoms with van der Waals surface area (Å²) in [6.07, 6.45) is 3.61. The Kier molecular flexibility index (Phi) is 3.51. The number of aromatic nitrogens is 3. The summed E-state index contributed by atoms with van der Waals surface area (Å²) in [7, 11) is 0. The zero-order valence-electron chi connectivity index (χ0n) is 9.49. The van der Waals surface area contributed by atoms with Crippen molar-refractivity contribution >= 4 is 0 Å². The minimum absolute atomic E-state index is 0.340. The molecule has 1 saturated carbocycles. The van der Waals surface area contributed by atoms with Gasteiger partial charge in [0.15, 0.2) is 0 Å². The first kappa shape index (κ1) is 11.5. The van der Waals surface area contributed by atoms with Gasteiger partial charge in [-0.1, -0.05) is 19.3 Å². The monoisotopic (exact) mass is 229 g/mol. The second-order valence-corrected chi connectivity index (χ2v) is 4.50. The lowest BCUT2D eigenvalue weighted by molar-refractivity contribution is 0.139. The van der Waals surface area contributed by atoms with E-state index in [2.05, 4.69) is 10.1 Å². The topological polar surface area (TPSA) is 30.7 Å². The van der Waals surface area contributed by atoms with Crippen molar-refractivity contribution in [3.63, 3.8) is 0 Å². The number of halogens is 2.